The molecule has 1 unspecified atom stereocenters. The molecule has 0 radical (unpaired) electrons. The number of hydrogen-bond acceptors (Lipinski definition) is 3. The van der Waals surface area contributed by atoms with E-state index in [1.54, 1.807) is 19.2 Å². The van der Waals surface area contributed by atoms with E-state index < -0.39 is 0 Å². The molecule has 1 fully saturated rings. The van der Waals surface area contributed by atoms with Crippen LogP contribution in [0.1, 0.15) is 22.3 Å². The first-order chi connectivity index (χ1) is 11.7. The number of rotatable bonds is 5. The second-order valence-electron chi connectivity index (χ2n) is 6.38. The number of anilines is 1. The maximum Gasteiger partial charge on any atom is 0.251 e. The van der Waals surface area contributed by atoms with Gasteiger partial charge in [0.2, 0.25) is 0 Å². The van der Waals surface area contributed by atoms with Crippen LogP contribution in [0.5, 0.6) is 5.75 Å². The first-order valence-electron chi connectivity index (χ1n) is 8.39. The fourth-order valence-electron chi connectivity index (χ4n) is 3.14. The van der Waals surface area contributed by atoms with E-state index in [-0.39, 0.29) is 5.91 Å². The summed E-state index contributed by atoms with van der Waals surface area (Å²) in [5.41, 5.74) is 3.23. The van der Waals surface area contributed by atoms with Crippen LogP contribution in [0.25, 0.3) is 0 Å². The summed E-state index contributed by atoms with van der Waals surface area (Å²) in [6.45, 7) is 4.87. The molecular weight excluding hydrogens is 300 g/mol. The second kappa shape index (κ2) is 7.39. The standard InChI is InChI=1S/C20H24N2O2/c1-15-4-3-5-18(12-15)22-11-10-16(14-22)13-21-20(23)17-6-8-19(24-2)9-7-17/h3-9,12,16H,10-11,13-14H2,1-2H3,(H,21,23). The molecule has 1 N–H and O–H groups in total. The van der Waals surface area contributed by atoms with Crippen LogP contribution in [0.3, 0.4) is 0 Å². The highest BCUT2D eigenvalue weighted by Crippen LogP contribution is 2.24. The predicted molar refractivity (Wildman–Crippen MR) is 96.8 cm³/mol. The molecule has 0 aliphatic carbocycles. The molecule has 0 bridgehead atoms. The molecule has 1 atom stereocenters. The van der Waals surface area contributed by atoms with Crippen molar-refractivity contribution < 1.29 is 9.53 Å². The van der Waals surface area contributed by atoms with Gasteiger partial charge >= 0.3 is 0 Å². The topological polar surface area (TPSA) is 41.6 Å². The molecular formula is C20H24N2O2. The lowest BCUT2D eigenvalue weighted by Crippen LogP contribution is -2.31. The number of ether oxygens (including phenoxy) is 1. The summed E-state index contributed by atoms with van der Waals surface area (Å²) >= 11 is 0. The smallest absolute Gasteiger partial charge is 0.251 e. The number of benzene rings is 2. The molecule has 1 saturated heterocycles. The molecule has 2 aromatic rings. The zero-order valence-corrected chi connectivity index (χ0v) is 14.3. The number of nitrogens with zero attached hydrogens (tertiary/aromatic N) is 1. The van der Waals surface area contributed by atoms with Crippen LogP contribution in [0.4, 0.5) is 5.69 Å². The fraction of sp³-hybridized carbons (Fsp3) is 0.350. The average molecular weight is 324 g/mol. The van der Waals surface area contributed by atoms with Crippen LogP contribution >= 0.6 is 0 Å². The van der Waals surface area contributed by atoms with E-state index in [0.717, 1.165) is 25.3 Å². The fourth-order valence-corrected chi connectivity index (χ4v) is 3.14. The van der Waals surface area contributed by atoms with Crippen molar-refractivity contribution in [2.45, 2.75) is 13.3 Å². The zero-order chi connectivity index (χ0) is 16.9. The van der Waals surface area contributed by atoms with Gasteiger partial charge in [-0.05, 0) is 61.2 Å². The van der Waals surface area contributed by atoms with Crippen molar-refractivity contribution in [1.29, 1.82) is 0 Å². The summed E-state index contributed by atoms with van der Waals surface area (Å²) < 4.78 is 5.12. The van der Waals surface area contributed by atoms with Gasteiger partial charge in [0.1, 0.15) is 5.75 Å². The number of carbonyl (C=O) groups excluding carboxylic acids is 1. The van der Waals surface area contributed by atoms with Gasteiger partial charge in [-0.1, -0.05) is 12.1 Å². The molecule has 1 heterocycles. The van der Waals surface area contributed by atoms with Crippen molar-refractivity contribution in [3.63, 3.8) is 0 Å². The van der Waals surface area contributed by atoms with Crippen molar-refractivity contribution in [2.75, 3.05) is 31.6 Å². The normalized spacial score (nSPS) is 16.9. The Kier molecular flexibility index (Phi) is 5.04. The number of amides is 1. The largest absolute Gasteiger partial charge is 0.497 e. The third-order valence-corrected chi connectivity index (χ3v) is 4.56. The van der Waals surface area contributed by atoms with Crippen LogP contribution in [-0.2, 0) is 0 Å². The Morgan fingerprint density at radius 3 is 2.75 bits per heavy atom. The van der Waals surface area contributed by atoms with Crippen LogP contribution in [0, 0.1) is 12.8 Å². The van der Waals surface area contributed by atoms with Crippen LogP contribution in [0.2, 0.25) is 0 Å². The number of aryl methyl sites for hydroxylation is 1. The SMILES string of the molecule is COc1ccc(C(=O)NCC2CCN(c3cccc(C)c3)C2)cc1. The maximum atomic E-state index is 12.2. The van der Waals surface area contributed by atoms with Gasteiger partial charge in [-0.3, -0.25) is 4.79 Å². The molecule has 3 rings (SSSR count). The summed E-state index contributed by atoms with van der Waals surface area (Å²) in [5, 5.41) is 3.06. The van der Waals surface area contributed by atoms with Crippen molar-refractivity contribution in [2.24, 2.45) is 5.92 Å². The summed E-state index contributed by atoms with van der Waals surface area (Å²) in [7, 11) is 1.62. The van der Waals surface area contributed by atoms with Gasteiger partial charge in [0, 0.05) is 30.9 Å². The first kappa shape index (κ1) is 16.4. The monoisotopic (exact) mass is 324 g/mol. The molecule has 4 nitrogen and oxygen atoms in total. The van der Waals surface area contributed by atoms with E-state index in [2.05, 4.69) is 41.4 Å². The van der Waals surface area contributed by atoms with E-state index in [1.807, 2.05) is 12.1 Å². The molecule has 0 spiro atoms. The molecule has 126 valence electrons. The van der Waals surface area contributed by atoms with Gasteiger partial charge in [0.25, 0.3) is 5.91 Å². The number of methoxy groups -OCH3 is 1. The summed E-state index contributed by atoms with van der Waals surface area (Å²) in [6.07, 6.45) is 1.11. The lowest BCUT2D eigenvalue weighted by molar-refractivity contribution is 0.0948. The van der Waals surface area contributed by atoms with Gasteiger partial charge < -0.3 is 15.0 Å². The number of hydrogen-bond donors (Lipinski definition) is 1. The Labute approximate surface area is 143 Å². The highest BCUT2D eigenvalue weighted by molar-refractivity contribution is 5.94. The molecule has 1 amide bonds. The number of nitrogens with one attached hydrogen (secondary N) is 1. The molecule has 0 saturated carbocycles. The number of carbonyl (C=O) groups is 1. The minimum absolute atomic E-state index is 0.0216. The maximum absolute atomic E-state index is 12.2. The molecule has 24 heavy (non-hydrogen) atoms. The van der Waals surface area contributed by atoms with E-state index >= 15 is 0 Å². The van der Waals surface area contributed by atoms with Crippen molar-refractivity contribution in [3.8, 4) is 5.75 Å². The summed E-state index contributed by atoms with van der Waals surface area (Å²) in [6, 6.07) is 15.8. The lowest BCUT2D eigenvalue weighted by atomic mass is 10.1. The third kappa shape index (κ3) is 3.88. The quantitative estimate of drug-likeness (QED) is 0.918. The zero-order valence-electron chi connectivity index (χ0n) is 14.3. The molecule has 1 aliphatic heterocycles. The summed E-state index contributed by atoms with van der Waals surface area (Å²) in [5.74, 6) is 1.23. The van der Waals surface area contributed by atoms with Crippen LogP contribution in [0.15, 0.2) is 48.5 Å². The molecule has 4 heteroatoms. The van der Waals surface area contributed by atoms with Gasteiger partial charge in [0.05, 0.1) is 7.11 Å². The third-order valence-electron chi connectivity index (χ3n) is 4.56. The highest BCUT2D eigenvalue weighted by Gasteiger charge is 2.23. The first-order valence-corrected chi connectivity index (χ1v) is 8.39. The van der Waals surface area contributed by atoms with E-state index in [4.69, 9.17) is 4.74 Å². The molecule has 2 aromatic carbocycles. The Bertz CT molecular complexity index is 697. The highest BCUT2D eigenvalue weighted by atomic mass is 16.5. The van der Waals surface area contributed by atoms with E-state index in [0.29, 0.717) is 18.0 Å². The van der Waals surface area contributed by atoms with E-state index in [9.17, 15) is 4.79 Å². The lowest BCUT2D eigenvalue weighted by Gasteiger charge is -2.19. The second-order valence-corrected chi connectivity index (χ2v) is 6.38. The van der Waals surface area contributed by atoms with Gasteiger partial charge in [-0.15, -0.1) is 0 Å². The minimum atomic E-state index is -0.0216. The van der Waals surface area contributed by atoms with Gasteiger partial charge in [-0.2, -0.15) is 0 Å². The Balaban J connectivity index is 1.51. The van der Waals surface area contributed by atoms with Crippen molar-refractivity contribution >= 4 is 11.6 Å². The van der Waals surface area contributed by atoms with Crippen molar-refractivity contribution in [1.82, 2.24) is 5.32 Å². The van der Waals surface area contributed by atoms with Crippen LogP contribution < -0.4 is 15.0 Å². The Morgan fingerprint density at radius 1 is 1.25 bits per heavy atom. The molecule has 0 aromatic heterocycles. The van der Waals surface area contributed by atoms with Gasteiger partial charge in [-0.25, -0.2) is 0 Å². The van der Waals surface area contributed by atoms with Crippen molar-refractivity contribution in [3.05, 3.63) is 59.7 Å². The van der Waals surface area contributed by atoms with E-state index in [1.165, 1.54) is 11.3 Å². The predicted octanol–water partition coefficient (Wildman–Crippen LogP) is 3.26. The summed E-state index contributed by atoms with van der Waals surface area (Å²) in [4.78, 5) is 14.6. The Morgan fingerprint density at radius 2 is 2.04 bits per heavy atom. The van der Waals surface area contributed by atoms with Crippen LogP contribution in [-0.4, -0.2) is 32.7 Å². The van der Waals surface area contributed by atoms with Gasteiger partial charge in [0.15, 0.2) is 0 Å². The minimum Gasteiger partial charge on any atom is -0.497 e. The molecule has 1 aliphatic rings. The Hall–Kier alpha value is -2.49. The average Bonchev–Trinajstić information content (AvgIpc) is 3.09.